The maximum absolute atomic E-state index is 12.9. The number of nitrogens with zero attached hydrogens (tertiary/aromatic N) is 2. The molecule has 2 aliphatic rings. The molecular weight excluding hydrogens is 320 g/mol. The zero-order chi connectivity index (χ0) is 18.0. The number of aliphatic hydroxyl groups is 1. The van der Waals surface area contributed by atoms with Crippen LogP contribution in [0.3, 0.4) is 0 Å². The van der Waals surface area contributed by atoms with Crippen molar-refractivity contribution in [2.24, 2.45) is 5.41 Å². The lowest BCUT2D eigenvalue weighted by Crippen LogP contribution is -2.55. The molecule has 2 heterocycles. The van der Waals surface area contributed by atoms with Gasteiger partial charge in [0.1, 0.15) is 5.75 Å². The van der Waals surface area contributed by atoms with Crippen molar-refractivity contribution in [3.63, 3.8) is 0 Å². The normalized spacial score (nSPS) is 24.0. The molecule has 1 aromatic carbocycles. The number of carbonyl (C=O) groups is 2. The number of β-amino-alcohol motifs (C(OH)–C–C–N with tert-alkyl or cyclic N) is 1. The molecule has 25 heavy (non-hydrogen) atoms. The summed E-state index contributed by atoms with van der Waals surface area (Å²) in [5.74, 6) is 0.154. The van der Waals surface area contributed by atoms with Gasteiger partial charge in [-0.2, -0.15) is 0 Å². The topological polar surface area (TPSA) is 81.1 Å². The summed E-state index contributed by atoms with van der Waals surface area (Å²) in [5, 5.41) is 19.1. The molecule has 2 aliphatic heterocycles. The molecule has 2 amide bonds. The maximum Gasteiger partial charge on any atom is 0.254 e. The minimum atomic E-state index is -0.0796. The lowest BCUT2D eigenvalue weighted by atomic mass is 9.73. The molecule has 0 unspecified atom stereocenters. The van der Waals surface area contributed by atoms with E-state index < -0.39 is 0 Å². The summed E-state index contributed by atoms with van der Waals surface area (Å²) >= 11 is 0. The lowest BCUT2D eigenvalue weighted by molar-refractivity contribution is -0.139. The van der Waals surface area contributed by atoms with E-state index >= 15 is 0 Å². The number of likely N-dealkylation sites (tertiary alicyclic amines) is 2. The predicted molar refractivity (Wildman–Crippen MR) is 93.3 cm³/mol. The Bertz CT molecular complexity index is 675. The van der Waals surface area contributed by atoms with Gasteiger partial charge in [-0.3, -0.25) is 9.59 Å². The zero-order valence-corrected chi connectivity index (χ0v) is 14.7. The van der Waals surface area contributed by atoms with Crippen LogP contribution < -0.4 is 0 Å². The van der Waals surface area contributed by atoms with Crippen molar-refractivity contribution in [2.45, 2.75) is 32.6 Å². The molecule has 1 atom stereocenters. The number of amides is 2. The van der Waals surface area contributed by atoms with Crippen molar-refractivity contribution >= 4 is 11.8 Å². The first-order chi connectivity index (χ1) is 11.9. The van der Waals surface area contributed by atoms with Crippen LogP contribution in [-0.4, -0.2) is 64.6 Å². The fourth-order valence-electron chi connectivity index (χ4n) is 4.07. The largest absolute Gasteiger partial charge is 0.508 e. The van der Waals surface area contributed by atoms with Gasteiger partial charge in [-0.05, 0) is 43.9 Å². The van der Waals surface area contributed by atoms with E-state index in [2.05, 4.69) is 0 Å². The van der Waals surface area contributed by atoms with E-state index in [-0.39, 0.29) is 29.6 Å². The summed E-state index contributed by atoms with van der Waals surface area (Å²) < 4.78 is 0. The molecule has 3 rings (SSSR count). The summed E-state index contributed by atoms with van der Waals surface area (Å²) in [5.41, 5.74) is 1.17. The number of aliphatic hydroxyl groups excluding tert-OH is 1. The highest BCUT2D eigenvalue weighted by Crippen LogP contribution is 2.39. The van der Waals surface area contributed by atoms with Gasteiger partial charge in [-0.25, -0.2) is 0 Å². The number of aryl methyl sites for hydroxylation is 1. The molecule has 6 nitrogen and oxygen atoms in total. The summed E-state index contributed by atoms with van der Waals surface area (Å²) in [6, 6.07) is 5.03. The second-order valence-corrected chi connectivity index (χ2v) is 7.37. The van der Waals surface area contributed by atoms with Crippen molar-refractivity contribution in [2.75, 3.05) is 32.8 Å². The van der Waals surface area contributed by atoms with Crippen LogP contribution >= 0.6 is 0 Å². The van der Waals surface area contributed by atoms with Gasteiger partial charge < -0.3 is 20.0 Å². The molecule has 1 aromatic rings. The van der Waals surface area contributed by atoms with Gasteiger partial charge in [0.2, 0.25) is 5.91 Å². The highest BCUT2D eigenvalue weighted by molar-refractivity contribution is 5.94. The van der Waals surface area contributed by atoms with Gasteiger partial charge in [0.15, 0.2) is 0 Å². The van der Waals surface area contributed by atoms with Crippen LogP contribution in [0, 0.1) is 12.3 Å². The van der Waals surface area contributed by atoms with Gasteiger partial charge in [0.25, 0.3) is 5.91 Å². The van der Waals surface area contributed by atoms with Crippen LogP contribution in [0.15, 0.2) is 18.2 Å². The Labute approximate surface area is 148 Å². The van der Waals surface area contributed by atoms with Crippen molar-refractivity contribution in [3.05, 3.63) is 29.3 Å². The third kappa shape index (κ3) is 3.63. The fourth-order valence-corrected chi connectivity index (χ4v) is 4.07. The predicted octanol–water partition coefficient (Wildman–Crippen LogP) is 1.54. The Hall–Kier alpha value is -2.08. The Morgan fingerprint density at radius 3 is 2.80 bits per heavy atom. The van der Waals surface area contributed by atoms with E-state index in [0.717, 1.165) is 24.8 Å². The summed E-state index contributed by atoms with van der Waals surface area (Å²) in [6.45, 7) is 4.05. The quantitative estimate of drug-likeness (QED) is 0.870. The standard InChI is InChI=1S/C19H26N2O4/c1-14-3-4-15(11-16(14)23)18(25)21-8-2-6-19(13-21)7-5-17(24)20(12-19)9-10-22/h3-4,11,22-23H,2,5-10,12-13H2,1H3/t19-/m1/s1. The van der Waals surface area contributed by atoms with Crippen LogP contribution in [0.5, 0.6) is 5.75 Å². The lowest BCUT2D eigenvalue weighted by Gasteiger charge is -2.48. The molecule has 2 saturated heterocycles. The fraction of sp³-hybridized carbons (Fsp3) is 0.579. The van der Waals surface area contributed by atoms with E-state index in [1.54, 1.807) is 24.0 Å². The minimum absolute atomic E-state index is 0.0346. The number of phenols is 1. The average Bonchev–Trinajstić information content (AvgIpc) is 2.60. The van der Waals surface area contributed by atoms with E-state index in [4.69, 9.17) is 0 Å². The molecule has 0 bridgehead atoms. The third-order valence-electron chi connectivity index (χ3n) is 5.52. The van der Waals surface area contributed by atoms with Crippen molar-refractivity contribution < 1.29 is 19.8 Å². The smallest absolute Gasteiger partial charge is 0.254 e. The van der Waals surface area contributed by atoms with Crippen molar-refractivity contribution in [3.8, 4) is 5.75 Å². The molecule has 136 valence electrons. The van der Waals surface area contributed by atoms with E-state index in [1.807, 2.05) is 4.90 Å². The molecular formula is C19H26N2O4. The van der Waals surface area contributed by atoms with Crippen LogP contribution in [0.1, 0.15) is 41.6 Å². The van der Waals surface area contributed by atoms with Gasteiger partial charge in [-0.15, -0.1) is 0 Å². The highest BCUT2D eigenvalue weighted by atomic mass is 16.3. The number of rotatable bonds is 3. The van der Waals surface area contributed by atoms with Gasteiger partial charge in [0, 0.05) is 43.6 Å². The van der Waals surface area contributed by atoms with E-state index in [0.29, 0.717) is 38.2 Å². The Morgan fingerprint density at radius 2 is 2.08 bits per heavy atom. The molecule has 0 radical (unpaired) electrons. The average molecular weight is 346 g/mol. The van der Waals surface area contributed by atoms with Gasteiger partial charge in [-0.1, -0.05) is 6.07 Å². The summed E-state index contributed by atoms with van der Waals surface area (Å²) in [6.07, 6.45) is 3.17. The second kappa shape index (κ2) is 7.04. The zero-order valence-electron chi connectivity index (χ0n) is 14.7. The molecule has 2 fully saturated rings. The Balaban J connectivity index is 1.75. The minimum Gasteiger partial charge on any atom is -0.508 e. The molecule has 2 N–H and O–H groups in total. The number of hydrogen-bond donors (Lipinski definition) is 2. The molecule has 6 heteroatoms. The third-order valence-corrected chi connectivity index (χ3v) is 5.52. The molecule has 0 saturated carbocycles. The number of aromatic hydroxyl groups is 1. The Kier molecular flexibility index (Phi) is 4.99. The Morgan fingerprint density at radius 1 is 1.28 bits per heavy atom. The van der Waals surface area contributed by atoms with Crippen molar-refractivity contribution in [1.82, 2.24) is 9.80 Å². The number of piperidine rings is 2. The van der Waals surface area contributed by atoms with Gasteiger partial charge in [0.05, 0.1) is 6.61 Å². The second-order valence-electron chi connectivity index (χ2n) is 7.37. The number of phenolic OH excluding ortho intramolecular Hbond substituents is 1. The molecule has 1 spiro atoms. The first-order valence-electron chi connectivity index (χ1n) is 8.92. The number of carbonyl (C=O) groups excluding carboxylic acids is 2. The number of hydrogen-bond acceptors (Lipinski definition) is 4. The molecule has 0 aromatic heterocycles. The van der Waals surface area contributed by atoms with Crippen LogP contribution in [0.4, 0.5) is 0 Å². The molecule has 0 aliphatic carbocycles. The number of benzene rings is 1. The van der Waals surface area contributed by atoms with Crippen LogP contribution in [-0.2, 0) is 4.79 Å². The van der Waals surface area contributed by atoms with Crippen molar-refractivity contribution in [1.29, 1.82) is 0 Å². The summed E-state index contributed by atoms with van der Waals surface area (Å²) in [7, 11) is 0. The van der Waals surface area contributed by atoms with E-state index in [1.165, 1.54) is 6.07 Å². The maximum atomic E-state index is 12.9. The van der Waals surface area contributed by atoms with Gasteiger partial charge >= 0.3 is 0 Å². The van der Waals surface area contributed by atoms with E-state index in [9.17, 15) is 19.8 Å². The highest BCUT2D eigenvalue weighted by Gasteiger charge is 2.42. The van der Waals surface area contributed by atoms with Crippen LogP contribution in [0.2, 0.25) is 0 Å². The summed E-state index contributed by atoms with van der Waals surface area (Å²) in [4.78, 5) is 28.5. The monoisotopic (exact) mass is 346 g/mol. The first-order valence-corrected chi connectivity index (χ1v) is 8.92. The first kappa shape index (κ1) is 17.7. The SMILES string of the molecule is Cc1ccc(C(=O)N2CCC[C@]3(CCC(=O)N(CCO)C3)C2)cc1O. The van der Waals surface area contributed by atoms with Crippen LogP contribution in [0.25, 0.3) is 0 Å².